The van der Waals surface area contributed by atoms with Gasteiger partial charge in [0.05, 0.1) is 42.9 Å². The number of amides is 2. The van der Waals surface area contributed by atoms with E-state index in [1.807, 2.05) is 33.1 Å². The van der Waals surface area contributed by atoms with Crippen LogP contribution in [0.15, 0.2) is 85.2 Å². The van der Waals surface area contributed by atoms with Crippen molar-refractivity contribution in [1.29, 1.82) is 0 Å². The molecule has 6 heterocycles. The number of thiazole rings is 2. The second-order valence-electron chi connectivity index (χ2n) is 18.4. The number of carboxylic acid groups (broad SMARTS) is 1. The lowest BCUT2D eigenvalue weighted by molar-refractivity contribution is -0.139. The molecule has 10 rings (SSSR count). The molecule has 8 aromatic rings. The van der Waals surface area contributed by atoms with Crippen molar-refractivity contribution in [3.63, 3.8) is 0 Å². The minimum absolute atomic E-state index is 0.0509. The first-order valence-corrected chi connectivity index (χ1v) is 26.4. The number of aromatic nitrogens is 4. The van der Waals surface area contributed by atoms with Crippen LogP contribution in [-0.4, -0.2) is 104 Å². The first kappa shape index (κ1) is 54.8. The number of hydrogen-bond donors (Lipinski definition) is 5. The van der Waals surface area contributed by atoms with Crippen molar-refractivity contribution in [1.82, 2.24) is 39.2 Å². The molecule has 0 saturated carbocycles. The van der Waals surface area contributed by atoms with Crippen molar-refractivity contribution in [2.45, 2.75) is 76.8 Å². The molecule has 2 aliphatic heterocycles. The standard InChI is InChI=1S/2C26H28F3N5OS.CH2O2/c2*27-26(28,29)20-13-17(5-6-19(20)15-30)21-16-34-22-8-7-18(14-23(22)36-25(34)32-21)24(35)31-9-4-12-33-10-2-1-3-11-33;2-1-3/h2*5-8,13-14,16H,1-4,9-12,15,30H2,(H,31,35);1H,(H,2,3). The van der Waals surface area contributed by atoms with E-state index >= 15 is 0 Å². The lowest BCUT2D eigenvalue weighted by Gasteiger charge is -2.26. The summed E-state index contributed by atoms with van der Waals surface area (Å²) in [6.07, 6.45) is 3.98. The second-order valence-corrected chi connectivity index (χ2v) is 20.4. The van der Waals surface area contributed by atoms with Gasteiger partial charge in [0.25, 0.3) is 18.3 Å². The zero-order valence-corrected chi connectivity index (χ0v) is 42.6. The average Bonchev–Trinajstić information content (AvgIpc) is 4.19. The topological polar surface area (TPSA) is 189 Å². The largest absolute Gasteiger partial charge is 0.483 e. The van der Waals surface area contributed by atoms with Crippen LogP contribution < -0.4 is 22.1 Å². The van der Waals surface area contributed by atoms with Crippen LogP contribution in [0.3, 0.4) is 0 Å². The maximum Gasteiger partial charge on any atom is 0.416 e. The van der Waals surface area contributed by atoms with Gasteiger partial charge in [-0.3, -0.25) is 23.2 Å². The van der Waals surface area contributed by atoms with Crippen LogP contribution in [0.5, 0.6) is 0 Å². The molecule has 0 radical (unpaired) electrons. The quantitative estimate of drug-likeness (QED) is 0.0398. The Hall–Kier alpha value is -6.43. The molecule has 0 spiro atoms. The number of nitrogens with two attached hydrogens (primary N) is 2. The maximum absolute atomic E-state index is 13.5. The fourth-order valence-electron chi connectivity index (χ4n) is 9.50. The first-order chi connectivity index (χ1) is 36.1. The molecule has 7 N–H and O–H groups in total. The molecule has 4 aromatic carbocycles. The Kier molecular flexibility index (Phi) is 17.9. The van der Waals surface area contributed by atoms with Crippen LogP contribution in [0.1, 0.15) is 94.3 Å². The summed E-state index contributed by atoms with van der Waals surface area (Å²) in [4.78, 5) is 49.0. The van der Waals surface area contributed by atoms with Gasteiger partial charge in [-0.25, -0.2) is 9.97 Å². The molecule has 2 fully saturated rings. The normalized spacial score (nSPS) is 14.7. The molecule has 4 aromatic heterocycles. The average molecular weight is 1080 g/mol. The fraction of sp³-hybridized carbons (Fsp3) is 0.377. The number of rotatable bonds is 14. The van der Waals surface area contributed by atoms with Gasteiger partial charge in [-0.05, 0) is 137 Å². The number of piperidine rings is 2. The third kappa shape index (κ3) is 13.3. The number of nitrogens with one attached hydrogen (secondary N) is 2. The first-order valence-electron chi connectivity index (χ1n) is 24.8. The molecule has 22 heteroatoms. The Morgan fingerprint density at radius 1 is 0.600 bits per heavy atom. The minimum atomic E-state index is -4.49. The molecule has 0 unspecified atom stereocenters. The van der Waals surface area contributed by atoms with Crippen molar-refractivity contribution in [3.05, 3.63) is 119 Å². The Morgan fingerprint density at radius 2 is 0.987 bits per heavy atom. The lowest BCUT2D eigenvalue weighted by atomic mass is 10.0. The van der Waals surface area contributed by atoms with E-state index < -0.39 is 23.5 Å². The molecular formula is C53H58F6N10O4S2. The Balaban J connectivity index is 0.000000189. The molecule has 14 nitrogen and oxygen atoms in total. The third-order valence-corrected chi connectivity index (χ3v) is 15.4. The van der Waals surface area contributed by atoms with Crippen LogP contribution in [0.4, 0.5) is 26.3 Å². The zero-order chi connectivity index (χ0) is 53.3. The van der Waals surface area contributed by atoms with E-state index in [1.165, 1.54) is 73.3 Å². The highest BCUT2D eigenvalue weighted by atomic mass is 32.1. The molecule has 75 heavy (non-hydrogen) atoms. The predicted molar refractivity (Wildman–Crippen MR) is 281 cm³/mol. The molecule has 2 saturated heterocycles. The van der Waals surface area contributed by atoms with Crippen molar-refractivity contribution in [2.75, 3.05) is 52.4 Å². The van der Waals surface area contributed by atoms with Crippen molar-refractivity contribution in [2.24, 2.45) is 11.5 Å². The van der Waals surface area contributed by atoms with Gasteiger partial charge in [0.2, 0.25) is 0 Å². The number of nitrogens with zero attached hydrogens (tertiary/aromatic N) is 6. The van der Waals surface area contributed by atoms with Gasteiger partial charge >= 0.3 is 12.4 Å². The van der Waals surface area contributed by atoms with Gasteiger partial charge in [0.1, 0.15) is 0 Å². The minimum Gasteiger partial charge on any atom is -0.483 e. The van der Waals surface area contributed by atoms with Crippen molar-refractivity contribution in [3.8, 4) is 22.5 Å². The van der Waals surface area contributed by atoms with Crippen LogP contribution in [-0.2, 0) is 30.2 Å². The Morgan fingerprint density at radius 3 is 1.35 bits per heavy atom. The number of carbonyl (C=O) groups excluding carboxylic acids is 2. The number of alkyl halides is 6. The predicted octanol–water partition coefficient (Wildman–Crippen LogP) is 10.3. The number of benzene rings is 4. The van der Waals surface area contributed by atoms with E-state index in [0.717, 1.165) is 84.7 Å². The van der Waals surface area contributed by atoms with Gasteiger partial charge in [0, 0.05) is 60.8 Å². The second kappa shape index (κ2) is 24.5. The number of halogens is 6. The SMILES string of the molecule is NCc1ccc(-c2cn3c(n2)sc2cc(C(=O)NCCCN4CCCCC4)ccc23)cc1C(F)(F)F.NCc1ccc(-c2cn3c(n2)sc2cc(C(=O)NCCCN4CCCCC4)ccc23)cc1C(F)(F)F.O=CO. The fourth-order valence-corrected chi connectivity index (χ4v) is 11.6. The highest BCUT2D eigenvalue weighted by Crippen LogP contribution is 2.38. The van der Waals surface area contributed by atoms with Crippen LogP contribution in [0.2, 0.25) is 0 Å². The Bertz CT molecular complexity index is 3050. The third-order valence-electron chi connectivity index (χ3n) is 13.3. The number of imidazole rings is 2. The van der Waals surface area contributed by atoms with E-state index in [0.29, 0.717) is 56.7 Å². The molecule has 2 aliphatic rings. The number of likely N-dealkylation sites (tertiary alicyclic amines) is 2. The van der Waals surface area contributed by atoms with Gasteiger partial charge in [-0.15, -0.1) is 0 Å². The van der Waals surface area contributed by atoms with Crippen molar-refractivity contribution < 1.29 is 45.8 Å². The van der Waals surface area contributed by atoms with E-state index in [1.54, 1.807) is 36.7 Å². The zero-order valence-electron chi connectivity index (χ0n) is 41.0. The van der Waals surface area contributed by atoms with Crippen LogP contribution >= 0.6 is 22.7 Å². The summed E-state index contributed by atoms with van der Waals surface area (Å²) in [5, 5.41) is 12.9. The summed E-state index contributed by atoms with van der Waals surface area (Å²) in [6.45, 7) is 7.24. The van der Waals surface area contributed by atoms with E-state index in [-0.39, 0.29) is 42.5 Å². The molecule has 0 bridgehead atoms. The summed E-state index contributed by atoms with van der Waals surface area (Å²) in [6, 6.07) is 19.2. The summed E-state index contributed by atoms with van der Waals surface area (Å²) >= 11 is 2.79. The summed E-state index contributed by atoms with van der Waals surface area (Å²) in [5.41, 5.74) is 14.1. The number of hydrogen-bond acceptors (Lipinski definition) is 11. The monoisotopic (exact) mass is 1080 g/mol. The smallest absolute Gasteiger partial charge is 0.416 e. The van der Waals surface area contributed by atoms with Gasteiger partial charge in [-0.2, -0.15) is 26.3 Å². The van der Waals surface area contributed by atoms with Crippen LogP contribution in [0, 0.1) is 0 Å². The van der Waals surface area contributed by atoms with Gasteiger partial charge in [-0.1, -0.05) is 59.8 Å². The van der Waals surface area contributed by atoms with E-state index in [4.69, 9.17) is 21.4 Å². The van der Waals surface area contributed by atoms with Gasteiger partial charge in [0.15, 0.2) is 9.92 Å². The lowest BCUT2D eigenvalue weighted by Crippen LogP contribution is -2.33. The van der Waals surface area contributed by atoms with Crippen LogP contribution in [0.25, 0.3) is 52.9 Å². The van der Waals surface area contributed by atoms with E-state index in [2.05, 4.69) is 30.4 Å². The summed E-state index contributed by atoms with van der Waals surface area (Å²) in [5.74, 6) is -0.219. The Labute approximate surface area is 436 Å². The molecule has 0 aliphatic carbocycles. The summed E-state index contributed by atoms with van der Waals surface area (Å²) in [7, 11) is 0. The maximum atomic E-state index is 13.5. The van der Waals surface area contributed by atoms with E-state index in [9.17, 15) is 35.9 Å². The number of carbonyl (C=O) groups is 3. The molecule has 2 amide bonds. The number of fused-ring (bicyclic) bond motifs is 6. The molecule has 398 valence electrons. The highest BCUT2D eigenvalue weighted by Gasteiger charge is 2.35. The highest BCUT2D eigenvalue weighted by molar-refractivity contribution is 7.24. The van der Waals surface area contributed by atoms with Gasteiger partial charge < -0.3 is 37.0 Å². The summed E-state index contributed by atoms with van der Waals surface area (Å²) < 4.78 is 86.2. The molecular weight excluding hydrogens is 1020 g/mol. The van der Waals surface area contributed by atoms with Crippen molar-refractivity contribution >= 4 is 71.3 Å². The molecule has 0 atom stereocenters.